The molecule has 9 nitrogen and oxygen atoms in total. The van der Waals surface area contributed by atoms with E-state index in [2.05, 4.69) is 20.8 Å². The van der Waals surface area contributed by atoms with Gasteiger partial charge in [-0.3, -0.25) is 0 Å². The molecule has 30 heavy (non-hydrogen) atoms. The summed E-state index contributed by atoms with van der Waals surface area (Å²) in [7, 11) is -3.57. The highest BCUT2D eigenvalue weighted by atomic mass is 32.2. The Labute approximate surface area is 174 Å². The van der Waals surface area contributed by atoms with E-state index < -0.39 is 21.5 Å². The van der Waals surface area contributed by atoms with Gasteiger partial charge in [0.2, 0.25) is 5.88 Å². The van der Waals surface area contributed by atoms with Crippen molar-refractivity contribution in [2.45, 2.75) is 62.5 Å². The normalized spacial score (nSPS) is 23.7. The van der Waals surface area contributed by atoms with Crippen molar-refractivity contribution in [3.63, 3.8) is 0 Å². The molecule has 1 aliphatic heterocycles. The number of nitrogens with zero attached hydrogens (tertiary/aromatic N) is 3. The first-order chi connectivity index (χ1) is 14.2. The molecular weight excluding hydrogens is 406 g/mol. The predicted molar refractivity (Wildman–Crippen MR) is 111 cm³/mol. The highest BCUT2D eigenvalue weighted by molar-refractivity contribution is 7.91. The lowest BCUT2D eigenvalue weighted by atomic mass is 9.99. The van der Waals surface area contributed by atoms with Gasteiger partial charge in [-0.15, -0.1) is 4.36 Å². The van der Waals surface area contributed by atoms with E-state index >= 15 is 0 Å². The van der Waals surface area contributed by atoms with Gasteiger partial charge in [0, 0.05) is 5.69 Å². The van der Waals surface area contributed by atoms with Gasteiger partial charge in [-0.2, -0.15) is 5.10 Å². The fourth-order valence-electron chi connectivity index (χ4n) is 4.68. The molecule has 2 aromatic rings. The van der Waals surface area contributed by atoms with Crippen LogP contribution in [0.25, 0.3) is 0 Å². The van der Waals surface area contributed by atoms with Gasteiger partial charge in [-0.05, 0) is 67.7 Å². The summed E-state index contributed by atoms with van der Waals surface area (Å²) in [5.41, 5.74) is 4.63. The van der Waals surface area contributed by atoms with Crippen LogP contribution in [0.2, 0.25) is 0 Å². The number of urea groups is 1. The van der Waals surface area contributed by atoms with E-state index in [1.165, 1.54) is 22.0 Å². The molecule has 2 atom stereocenters. The lowest BCUT2D eigenvalue weighted by molar-refractivity contribution is -0.0325. The first-order valence-corrected chi connectivity index (χ1v) is 11.7. The average molecular weight is 432 g/mol. The van der Waals surface area contributed by atoms with Gasteiger partial charge in [-0.25, -0.2) is 18.8 Å². The number of aryl methyl sites for hydroxylation is 2. The zero-order valence-electron chi connectivity index (χ0n) is 16.8. The van der Waals surface area contributed by atoms with E-state index in [-0.39, 0.29) is 23.9 Å². The van der Waals surface area contributed by atoms with Crippen molar-refractivity contribution in [1.82, 2.24) is 9.78 Å². The minimum absolute atomic E-state index is 0.00962. The zero-order chi connectivity index (χ0) is 21.1. The van der Waals surface area contributed by atoms with Crippen molar-refractivity contribution in [3.8, 4) is 5.88 Å². The van der Waals surface area contributed by atoms with E-state index in [0.717, 1.165) is 55.3 Å². The molecule has 0 radical (unpaired) electrons. The lowest BCUT2D eigenvalue weighted by Gasteiger charge is -2.29. The molecule has 2 amide bonds. The molecule has 2 aliphatic carbocycles. The molecule has 0 unspecified atom stereocenters. The minimum atomic E-state index is -3.57. The van der Waals surface area contributed by atoms with E-state index in [1.807, 2.05) is 0 Å². The number of fused-ring (bicyclic) bond motifs is 3. The van der Waals surface area contributed by atoms with Gasteiger partial charge in [0.1, 0.15) is 17.1 Å². The number of ether oxygens (including phenoxy) is 1. The highest BCUT2D eigenvalue weighted by Gasteiger charge is 2.33. The monoisotopic (exact) mass is 431 g/mol. The standard InChI is InChI=1S/C20H25N5O4S/c1-20(27)10-25-18(29-11-20)16(9-22-25)30(21,28)24-19(26)23-17-14-6-2-4-12(14)8-13-5-3-7-15(13)17/h8-9,27H,2-7,10-11H2,1H3,(H3,21,23,24,26,28)/t20-,30-/m0/s1. The lowest BCUT2D eigenvalue weighted by Crippen LogP contribution is -2.41. The number of nitrogens with one attached hydrogen (secondary N) is 1. The molecule has 10 heteroatoms. The summed E-state index contributed by atoms with van der Waals surface area (Å²) in [6.45, 7) is 1.80. The van der Waals surface area contributed by atoms with Crippen molar-refractivity contribution in [2.75, 3.05) is 11.9 Å². The maximum atomic E-state index is 13.1. The molecule has 2 heterocycles. The molecule has 3 aliphatic rings. The average Bonchev–Trinajstić information content (AvgIpc) is 3.38. The largest absolute Gasteiger partial charge is 0.474 e. The van der Waals surface area contributed by atoms with Crippen molar-refractivity contribution < 1.29 is 18.8 Å². The van der Waals surface area contributed by atoms with Gasteiger partial charge in [0.25, 0.3) is 0 Å². The Kier molecular flexibility index (Phi) is 4.42. The van der Waals surface area contributed by atoms with Gasteiger partial charge >= 0.3 is 6.03 Å². The summed E-state index contributed by atoms with van der Waals surface area (Å²) in [6.07, 6.45) is 7.28. The van der Waals surface area contributed by atoms with Crippen LogP contribution in [0.4, 0.5) is 10.5 Å². The Bertz CT molecular complexity index is 1140. The third kappa shape index (κ3) is 3.28. The summed E-state index contributed by atoms with van der Waals surface area (Å²) in [6, 6.07) is 1.54. The third-order valence-electron chi connectivity index (χ3n) is 6.01. The number of rotatable bonds is 2. The zero-order valence-corrected chi connectivity index (χ0v) is 17.6. The van der Waals surface area contributed by atoms with Crippen molar-refractivity contribution in [2.24, 2.45) is 9.50 Å². The number of benzene rings is 1. The Morgan fingerprint density at radius 3 is 2.63 bits per heavy atom. The van der Waals surface area contributed by atoms with Crippen LogP contribution < -0.4 is 15.2 Å². The molecule has 0 saturated heterocycles. The second-order valence-corrected chi connectivity index (χ2v) is 10.3. The van der Waals surface area contributed by atoms with Crippen LogP contribution in [-0.2, 0) is 42.1 Å². The molecule has 0 bridgehead atoms. The molecular formula is C20H25N5O4S. The summed E-state index contributed by atoms with van der Waals surface area (Å²) < 4.78 is 23.8. The number of hydrogen-bond acceptors (Lipinski definition) is 5. The number of amides is 2. The number of aliphatic hydroxyl groups is 1. The Morgan fingerprint density at radius 1 is 1.30 bits per heavy atom. The van der Waals surface area contributed by atoms with Crippen LogP contribution in [0.3, 0.4) is 0 Å². The summed E-state index contributed by atoms with van der Waals surface area (Å²) in [4.78, 5) is 12.8. The molecule has 1 aromatic carbocycles. The van der Waals surface area contributed by atoms with Crippen LogP contribution in [0.5, 0.6) is 5.88 Å². The number of nitrogens with two attached hydrogens (primary N) is 1. The molecule has 0 saturated carbocycles. The summed E-state index contributed by atoms with van der Waals surface area (Å²) in [5.74, 6) is 0.173. The van der Waals surface area contributed by atoms with Gasteiger partial charge < -0.3 is 15.2 Å². The molecule has 160 valence electrons. The van der Waals surface area contributed by atoms with E-state index in [4.69, 9.17) is 9.88 Å². The van der Waals surface area contributed by atoms with Crippen LogP contribution >= 0.6 is 0 Å². The quantitative estimate of drug-likeness (QED) is 0.668. The Balaban J connectivity index is 1.47. The topological polar surface area (TPSA) is 132 Å². The smallest absolute Gasteiger partial charge is 0.354 e. The molecule has 0 fully saturated rings. The van der Waals surface area contributed by atoms with Crippen molar-refractivity contribution in [3.05, 3.63) is 34.5 Å². The van der Waals surface area contributed by atoms with Crippen LogP contribution in [0.1, 0.15) is 42.0 Å². The van der Waals surface area contributed by atoms with Crippen LogP contribution in [0.15, 0.2) is 21.5 Å². The van der Waals surface area contributed by atoms with Gasteiger partial charge in [-0.1, -0.05) is 6.07 Å². The fraction of sp³-hybridized carbons (Fsp3) is 0.500. The molecule has 1 aromatic heterocycles. The van der Waals surface area contributed by atoms with Gasteiger partial charge in [0.15, 0.2) is 9.92 Å². The molecule has 5 rings (SSSR count). The maximum absolute atomic E-state index is 13.1. The Hall–Kier alpha value is -2.43. The highest BCUT2D eigenvalue weighted by Crippen LogP contribution is 2.38. The van der Waals surface area contributed by atoms with Crippen molar-refractivity contribution >= 4 is 21.6 Å². The van der Waals surface area contributed by atoms with Crippen molar-refractivity contribution in [1.29, 1.82) is 0 Å². The molecule has 4 N–H and O–H groups in total. The number of carbonyl (C=O) groups is 1. The van der Waals surface area contributed by atoms with Gasteiger partial charge in [0.05, 0.1) is 12.7 Å². The summed E-state index contributed by atoms with van der Waals surface area (Å²) in [5, 5.41) is 23.0. The fourth-order valence-corrected chi connectivity index (χ4v) is 5.68. The third-order valence-corrected chi connectivity index (χ3v) is 7.36. The first kappa shape index (κ1) is 19.5. The number of anilines is 1. The van der Waals surface area contributed by atoms with Crippen LogP contribution in [0, 0.1) is 0 Å². The van der Waals surface area contributed by atoms with E-state index in [1.54, 1.807) is 6.92 Å². The number of carbonyl (C=O) groups excluding carboxylic acids is 1. The van der Waals surface area contributed by atoms with E-state index in [9.17, 15) is 14.1 Å². The maximum Gasteiger partial charge on any atom is 0.354 e. The number of hydrogen-bond donors (Lipinski definition) is 3. The second-order valence-electron chi connectivity index (χ2n) is 8.58. The first-order valence-electron chi connectivity index (χ1n) is 10.2. The summed E-state index contributed by atoms with van der Waals surface area (Å²) >= 11 is 0. The number of aromatic nitrogens is 2. The minimum Gasteiger partial charge on any atom is -0.474 e. The SMILES string of the molecule is C[C@@]1(O)COc2c([S@@](N)(=O)=NC(=O)Nc3c4c(cc5c3CCC5)CCC4)cnn2C1. The predicted octanol–water partition coefficient (Wildman–Crippen LogP) is 1.94. The van der Waals surface area contributed by atoms with Crippen LogP contribution in [-0.4, -0.2) is 37.3 Å². The molecule has 0 spiro atoms. The second kappa shape index (κ2) is 6.79. The van der Waals surface area contributed by atoms with E-state index in [0.29, 0.717) is 0 Å². The Morgan fingerprint density at radius 2 is 1.97 bits per heavy atom.